The average Bonchev–Trinajstić information content (AvgIpc) is 2.97. The smallest absolute Gasteiger partial charge is 0.212 e. The Balaban J connectivity index is 1.69. The van der Waals surface area contributed by atoms with E-state index in [0.717, 1.165) is 11.2 Å². The summed E-state index contributed by atoms with van der Waals surface area (Å²) in [6.45, 7) is 11.0. The predicted molar refractivity (Wildman–Crippen MR) is 101 cm³/mol. The van der Waals surface area contributed by atoms with E-state index in [1.54, 1.807) is 0 Å². The Morgan fingerprint density at radius 3 is 2.68 bits per heavy atom. The fourth-order valence-corrected chi connectivity index (χ4v) is 4.62. The lowest BCUT2D eigenvalue weighted by molar-refractivity contribution is -0.0189. The molecule has 0 amide bonds. The Labute approximate surface area is 153 Å². The number of piperidine rings is 3. The van der Waals surface area contributed by atoms with Gasteiger partial charge in [0, 0.05) is 11.6 Å². The van der Waals surface area contributed by atoms with Gasteiger partial charge in [0.15, 0.2) is 11.6 Å². The summed E-state index contributed by atoms with van der Waals surface area (Å²) >= 11 is 6.31. The summed E-state index contributed by atoms with van der Waals surface area (Å²) in [6, 6.07) is 4.16. The number of rotatable bonds is 4. The van der Waals surface area contributed by atoms with E-state index in [1.165, 1.54) is 25.9 Å². The van der Waals surface area contributed by atoms with Crippen LogP contribution in [-0.2, 0) is 0 Å². The molecule has 6 heteroatoms. The minimum atomic E-state index is 0.0189. The summed E-state index contributed by atoms with van der Waals surface area (Å²) in [6.07, 6.45) is 2.50. The summed E-state index contributed by atoms with van der Waals surface area (Å²) in [5.74, 6) is 2.03. The molecule has 136 valence electrons. The molecule has 0 spiro atoms. The van der Waals surface area contributed by atoms with Crippen LogP contribution in [0.5, 0.6) is 5.75 Å². The van der Waals surface area contributed by atoms with Crippen LogP contribution in [0.1, 0.15) is 40.5 Å². The number of aromatic nitrogens is 1. The fourth-order valence-electron chi connectivity index (χ4n) is 4.43. The summed E-state index contributed by atoms with van der Waals surface area (Å²) in [5, 5.41) is 9.46. The molecule has 3 saturated heterocycles. The molecule has 0 aliphatic carbocycles. The minimum Gasteiger partial charge on any atom is -0.485 e. The molecule has 0 unspecified atom stereocenters. The Bertz CT molecular complexity index is 778. The quantitative estimate of drug-likeness (QED) is 0.863. The van der Waals surface area contributed by atoms with E-state index in [4.69, 9.17) is 20.9 Å². The first-order chi connectivity index (χ1) is 11.9. The van der Waals surface area contributed by atoms with Gasteiger partial charge in [0.2, 0.25) is 5.58 Å². The lowest BCUT2D eigenvalue weighted by Crippen LogP contribution is -2.66. The van der Waals surface area contributed by atoms with Gasteiger partial charge in [0.25, 0.3) is 0 Å². The second-order valence-corrected chi connectivity index (χ2v) is 8.46. The molecule has 25 heavy (non-hydrogen) atoms. The largest absolute Gasteiger partial charge is 0.485 e. The van der Waals surface area contributed by atoms with Crippen LogP contribution in [0.3, 0.4) is 0 Å². The van der Waals surface area contributed by atoms with Crippen molar-refractivity contribution < 1.29 is 9.26 Å². The van der Waals surface area contributed by atoms with Gasteiger partial charge in [0.1, 0.15) is 0 Å². The molecule has 1 aromatic heterocycles. The molecule has 1 atom stereocenters. The van der Waals surface area contributed by atoms with Crippen molar-refractivity contribution >= 4 is 28.4 Å². The van der Waals surface area contributed by atoms with E-state index in [1.807, 2.05) is 26.0 Å². The first kappa shape index (κ1) is 17.0. The number of ether oxygens (including phenoxy) is 1. The maximum absolute atomic E-state index is 6.31. The van der Waals surface area contributed by atoms with Gasteiger partial charge in [-0.3, -0.25) is 4.90 Å². The van der Waals surface area contributed by atoms with Gasteiger partial charge in [-0.1, -0.05) is 16.8 Å². The standard InChI is InChI=1S/C19H26ClN3O2/c1-11(2)24-16-14(20)6-5-13-15(16)25-22-18(13)21-17-12-7-9-23(10-8-12)19(17,3)4/h5-6,11-12,17H,7-10H2,1-4H3,(H,21,22)/t17-/m1/s1. The van der Waals surface area contributed by atoms with Crippen molar-refractivity contribution in [3.05, 3.63) is 17.2 Å². The second kappa shape index (κ2) is 6.06. The third kappa shape index (κ3) is 2.77. The Morgan fingerprint density at radius 2 is 2.04 bits per heavy atom. The summed E-state index contributed by atoms with van der Waals surface area (Å²) < 4.78 is 11.5. The molecular weight excluding hydrogens is 338 g/mol. The molecular formula is C19H26ClN3O2. The highest BCUT2D eigenvalue weighted by atomic mass is 35.5. The Morgan fingerprint density at radius 1 is 1.32 bits per heavy atom. The summed E-state index contributed by atoms with van der Waals surface area (Å²) in [7, 11) is 0. The van der Waals surface area contributed by atoms with Crippen molar-refractivity contribution in [1.29, 1.82) is 0 Å². The molecule has 5 rings (SSSR count). The van der Waals surface area contributed by atoms with Crippen LogP contribution >= 0.6 is 11.6 Å². The van der Waals surface area contributed by atoms with Crippen LogP contribution in [-0.4, -0.2) is 40.8 Å². The molecule has 5 nitrogen and oxygen atoms in total. The highest BCUT2D eigenvalue weighted by Gasteiger charge is 2.47. The van der Waals surface area contributed by atoms with E-state index >= 15 is 0 Å². The second-order valence-electron chi connectivity index (χ2n) is 8.05. The van der Waals surface area contributed by atoms with E-state index in [9.17, 15) is 0 Å². The maximum atomic E-state index is 6.31. The number of fused-ring (bicyclic) bond motifs is 4. The van der Waals surface area contributed by atoms with Gasteiger partial charge in [-0.05, 0) is 71.7 Å². The number of hydrogen-bond donors (Lipinski definition) is 1. The Kier molecular flexibility index (Phi) is 4.12. The van der Waals surface area contributed by atoms with Gasteiger partial charge in [0.05, 0.1) is 16.5 Å². The van der Waals surface area contributed by atoms with E-state index in [0.29, 0.717) is 28.3 Å². The molecule has 3 aliphatic heterocycles. The zero-order valence-electron chi connectivity index (χ0n) is 15.3. The average molecular weight is 364 g/mol. The number of halogens is 1. The van der Waals surface area contributed by atoms with E-state index < -0.39 is 0 Å². The van der Waals surface area contributed by atoms with Crippen LogP contribution in [0.2, 0.25) is 5.02 Å². The number of nitrogens with zero attached hydrogens (tertiary/aromatic N) is 2. The van der Waals surface area contributed by atoms with Crippen molar-refractivity contribution in [2.45, 2.75) is 58.2 Å². The van der Waals surface area contributed by atoms with Crippen LogP contribution in [0.15, 0.2) is 16.7 Å². The number of anilines is 1. The molecule has 3 fully saturated rings. The van der Waals surface area contributed by atoms with Crippen molar-refractivity contribution in [2.24, 2.45) is 5.92 Å². The highest BCUT2D eigenvalue weighted by molar-refractivity contribution is 6.33. The maximum Gasteiger partial charge on any atom is 0.212 e. The van der Waals surface area contributed by atoms with Gasteiger partial charge >= 0.3 is 0 Å². The van der Waals surface area contributed by atoms with E-state index in [-0.39, 0.29) is 11.6 Å². The highest BCUT2D eigenvalue weighted by Crippen LogP contribution is 2.42. The third-order valence-corrected chi connectivity index (χ3v) is 6.08. The number of benzene rings is 1. The van der Waals surface area contributed by atoms with E-state index in [2.05, 4.69) is 29.2 Å². The monoisotopic (exact) mass is 363 g/mol. The molecule has 4 heterocycles. The molecule has 1 N–H and O–H groups in total. The first-order valence-corrected chi connectivity index (χ1v) is 9.52. The Hall–Kier alpha value is -1.46. The van der Waals surface area contributed by atoms with Gasteiger partial charge < -0.3 is 14.6 Å². The zero-order chi connectivity index (χ0) is 17.8. The normalized spacial score (nSPS) is 27.8. The minimum absolute atomic E-state index is 0.0189. The summed E-state index contributed by atoms with van der Waals surface area (Å²) in [4.78, 5) is 2.58. The van der Waals surface area contributed by atoms with Crippen LogP contribution in [0, 0.1) is 5.92 Å². The SMILES string of the molecule is CC(C)Oc1c(Cl)ccc2c(N[C@@H]3C4CCN(CC4)C3(C)C)noc12. The summed E-state index contributed by atoms with van der Waals surface area (Å²) in [5.41, 5.74) is 0.721. The molecule has 0 radical (unpaired) electrons. The predicted octanol–water partition coefficient (Wildman–Crippen LogP) is 4.55. The molecule has 3 aliphatic rings. The topological polar surface area (TPSA) is 50.5 Å². The molecule has 1 aromatic carbocycles. The van der Waals surface area contributed by atoms with Gasteiger partial charge in [-0.25, -0.2) is 0 Å². The van der Waals surface area contributed by atoms with Crippen LogP contribution in [0.4, 0.5) is 5.82 Å². The number of hydrogen-bond acceptors (Lipinski definition) is 5. The van der Waals surface area contributed by atoms with Crippen molar-refractivity contribution in [2.75, 3.05) is 18.4 Å². The molecule has 0 saturated carbocycles. The number of nitrogens with one attached hydrogen (secondary N) is 1. The third-order valence-electron chi connectivity index (χ3n) is 5.78. The van der Waals surface area contributed by atoms with Gasteiger partial charge in [-0.15, -0.1) is 0 Å². The van der Waals surface area contributed by atoms with Crippen LogP contribution in [0.25, 0.3) is 11.0 Å². The fraction of sp³-hybridized carbons (Fsp3) is 0.632. The van der Waals surface area contributed by atoms with Crippen molar-refractivity contribution in [3.8, 4) is 5.75 Å². The lowest BCUT2D eigenvalue weighted by Gasteiger charge is -2.56. The van der Waals surface area contributed by atoms with Crippen LogP contribution < -0.4 is 10.1 Å². The van der Waals surface area contributed by atoms with Crippen molar-refractivity contribution in [1.82, 2.24) is 10.1 Å². The molecule has 2 aromatic rings. The van der Waals surface area contributed by atoms with Crippen molar-refractivity contribution in [3.63, 3.8) is 0 Å². The lowest BCUT2D eigenvalue weighted by atomic mass is 9.72. The van der Waals surface area contributed by atoms with Gasteiger partial charge in [-0.2, -0.15) is 0 Å². The first-order valence-electron chi connectivity index (χ1n) is 9.14. The molecule has 2 bridgehead atoms. The zero-order valence-corrected chi connectivity index (χ0v) is 16.1.